The van der Waals surface area contributed by atoms with Crippen molar-refractivity contribution >= 4 is 11.5 Å². The average molecular weight is 338 g/mol. The highest BCUT2D eigenvalue weighted by atomic mass is 16.6. The van der Waals surface area contributed by atoms with E-state index >= 15 is 0 Å². The number of ketones is 1. The minimum absolute atomic E-state index is 0.0599. The number of carbonyl (C=O) groups is 1. The molecule has 1 N–H and O–H groups in total. The van der Waals surface area contributed by atoms with E-state index in [1.165, 1.54) is 13.2 Å². The molecule has 136 valence electrons. The Balaban J connectivity index is 0.00000123. The second-order valence-electron chi connectivity index (χ2n) is 5.01. The molecule has 1 heterocycles. The number of nitrogens with one attached hydrogen (secondary N) is 1. The zero-order valence-electron chi connectivity index (χ0n) is 15.8. The first-order valence-corrected chi connectivity index (χ1v) is 8.63. The van der Waals surface area contributed by atoms with E-state index in [0.717, 1.165) is 12.1 Å². The van der Waals surface area contributed by atoms with Gasteiger partial charge in [0, 0.05) is 24.6 Å². The number of benzene rings is 1. The molecule has 0 radical (unpaired) electrons. The van der Waals surface area contributed by atoms with Gasteiger partial charge in [0.05, 0.1) is 17.6 Å². The van der Waals surface area contributed by atoms with Gasteiger partial charge in [0.15, 0.2) is 5.78 Å². The summed E-state index contributed by atoms with van der Waals surface area (Å²) in [6.45, 7) is 12.5. The van der Waals surface area contributed by atoms with Gasteiger partial charge in [0.2, 0.25) is 5.75 Å². The lowest BCUT2D eigenvalue weighted by Crippen LogP contribution is -2.13. The summed E-state index contributed by atoms with van der Waals surface area (Å²) < 4.78 is 5.13. The third-order valence-electron chi connectivity index (χ3n) is 3.63. The van der Waals surface area contributed by atoms with Crippen molar-refractivity contribution in [1.29, 1.82) is 0 Å². The highest BCUT2D eigenvalue weighted by Gasteiger charge is 2.31. The molecule has 1 aromatic rings. The summed E-state index contributed by atoms with van der Waals surface area (Å²) in [5.41, 5.74) is 0.925. The van der Waals surface area contributed by atoms with Crippen LogP contribution in [0.1, 0.15) is 69.9 Å². The standard InChI is InChI=1S/C14H18N2O4.2C2H6/c1-4-8(2)13(17)10-5-9(11-7-15-11)6-12(16(18)19)14(10)20-3;2*1-2/h5-6,8,11,15H,4,7H2,1-3H3;2*1-2H3. The summed E-state index contributed by atoms with van der Waals surface area (Å²) in [4.78, 5) is 23.1. The van der Waals surface area contributed by atoms with Crippen molar-refractivity contribution in [3.8, 4) is 5.75 Å². The number of methoxy groups -OCH3 is 1. The minimum atomic E-state index is -0.502. The molecule has 6 heteroatoms. The van der Waals surface area contributed by atoms with E-state index in [2.05, 4.69) is 5.32 Å². The first-order chi connectivity index (χ1) is 11.5. The number of Topliss-reactive ketones (excluding diaryl/α,β-unsaturated/α-hetero) is 1. The maximum absolute atomic E-state index is 12.4. The Hall–Kier alpha value is -1.95. The maximum Gasteiger partial charge on any atom is 0.312 e. The van der Waals surface area contributed by atoms with Crippen molar-refractivity contribution in [3.63, 3.8) is 0 Å². The van der Waals surface area contributed by atoms with Gasteiger partial charge in [-0.1, -0.05) is 41.5 Å². The molecule has 0 bridgehead atoms. The van der Waals surface area contributed by atoms with Gasteiger partial charge in [-0.2, -0.15) is 0 Å². The Morgan fingerprint density at radius 3 is 2.29 bits per heavy atom. The Labute approximate surface area is 144 Å². The van der Waals surface area contributed by atoms with E-state index in [1.54, 1.807) is 6.07 Å². The molecule has 6 nitrogen and oxygen atoms in total. The molecule has 2 unspecified atom stereocenters. The molecular formula is C18H30N2O4. The van der Waals surface area contributed by atoms with Gasteiger partial charge in [-0.15, -0.1) is 0 Å². The Kier molecular flexibility index (Phi) is 9.88. The quantitative estimate of drug-likeness (QED) is 0.356. The van der Waals surface area contributed by atoms with Crippen molar-refractivity contribution in [3.05, 3.63) is 33.4 Å². The van der Waals surface area contributed by atoms with Crippen LogP contribution in [-0.2, 0) is 0 Å². The van der Waals surface area contributed by atoms with Crippen molar-refractivity contribution in [2.75, 3.05) is 13.7 Å². The molecule has 1 aromatic carbocycles. The molecule has 0 aliphatic carbocycles. The Morgan fingerprint density at radius 1 is 1.38 bits per heavy atom. The lowest BCUT2D eigenvalue weighted by molar-refractivity contribution is -0.385. The maximum atomic E-state index is 12.4. The summed E-state index contributed by atoms with van der Waals surface area (Å²) >= 11 is 0. The summed E-state index contributed by atoms with van der Waals surface area (Å²) in [5.74, 6) is -0.245. The molecule has 1 aliphatic rings. The highest BCUT2D eigenvalue weighted by Crippen LogP contribution is 2.37. The molecule has 0 amide bonds. The number of nitrogens with zero attached hydrogens (tertiary/aromatic N) is 1. The topological polar surface area (TPSA) is 91.4 Å². The number of carbonyl (C=O) groups excluding carboxylic acids is 1. The lowest BCUT2D eigenvalue weighted by Gasteiger charge is -2.13. The molecule has 0 aromatic heterocycles. The number of rotatable bonds is 6. The third-order valence-corrected chi connectivity index (χ3v) is 3.63. The van der Waals surface area contributed by atoms with Crippen LogP contribution in [-0.4, -0.2) is 24.4 Å². The molecule has 0 spiro atoms. The molecule has 0 saturated carbocycles. The molecule has 1 saturated heterocycles. The van der Waals surface area contributed by atoms with Crippen LogP contribution in [0.4, 0.5) is 5.69 Å². The average Bonchev–Trinajstić information content (AvgIpc) is 3.47. The number of ether oxygens (including phenoxy) is 1. The van der Waals surface area contributed by atoms with E-state index in [4.69, 9.17) is 4.74 Å². The second-order valence-corrected chi connectivity index (χ2v) is 5.01. The summed E-state index contributed by atoms with van der Waals surface area (Å²) in [6.07, 6.45) is 0.682. The SMILES string of the molecule is CC.CC.CCC(C)C(=O)c1cc(C2CN2)cc([N+](=O)[O-])c1OC. The monoisotopic (exact) mass is 338 g/mol. The summed E-state index contributed by atoms with van der Waals surface area (Å²) in [6, 6.07) is 3.30. The van der Waals surface area contributed by atoms with Gasteiger partial charge in [-0.25, -0.2) is 0 Å². The fraction of sp³-hybridized carbons (Fsp3) is 0.611. The van der Waals surface area contributed by atoms with Gasteiger partial charge in [0.25, 0.3) is 0 Å². The molecule has 1 aliphatic heterocycles. The van der Waals surface area contributed by atoms with Crippen LogP contribution in [0.2, 0.25) is 0 Å². The highest BCUT2D eigenvalue weighted by molar-refractivity contribution is 6.01. The van der Waals surface area contributed by atoms with Crippen LogP contribution < -0.4 is 10.1 Å². The van der Waals surface area contributed by atoms with E-state index in [-0.39, 0.29) is 29.2 Å². The Morgan fingerprint density at radius 2 is 1.92 bits per heavy atom. The predicted octanol–water partition coefficient (Wildman–Crippen LogP) is 4.53. The van der Waals surface area contributed by atoms with Gasteiger partial charge >= 0.3 is 5.69 Å². The molecule has 2 rings (SSSR count). The van der Waals surface area contributed by atoms with E-state index in [9.17, 15) is 14.9 Å². The molecule has 1 fully saturated rings. The molecule has 2 atom stereocenters. The number of nitro groups is 1. The predicted molar refractivity (Wildman–Crippen MR) is 96.9 cm³/mol. The lowest BCUT2D eigenvalue weighted by atomic mass is 9.94. The summed E-state index contributed by atoms with van der Waals surface area (Å²) in [7, 11) is 1.35. The van der Waals surface area contributed by atoms with Crippen molar-refractivity contribution in [2.45, 2.75) is 54.0 Å². The Bertz CT molecular complexity index is 554. The number of hydrogen-bond acceptors (Lipinski definition) is 5. The minimum Gasteiger partial charge on any atom is -0.490 e. The first kappa shape index (κ1) is 22.1. The normalized spacial score (nSPS) is 15.9. The van der Waals surface area contributed by atoms with Crippen LogP contribution in [0.5, 0.6) is 5.75 Å². The third kappa shape index (κ3) is 5.30. The van der Waals surface area contributed by atoms with Crippen LogP contribution in [0.15, 0.2) is 12.1 Å². The first-order valence-electron chi connectivity index (χ1n) is 8.63. The van der Waals surface area contributed by atoms with E-state index < -0.39 is 4.92 Å². The van der Waals surface area contributed by atoms with Crippen molar-refractivity contribution < 1.29 is 14.5 Å². The fourth-order valence-corrected chi connectivity index (χ4v) is 2.12. The van der Waals surface area contributed by atoms with E-state index in [0.29, 0.717) is 12.0 Å². The largest absolute Gasteiger partial charge is 0.490 e. The van der Waals surface area contributed by atoms with Gasteiger partial charge in [-0.05, 0) is 18.1 Å². The smallest absolute Gasteiger partial charge is 0.312 e. The van der Waals surface area contributed by atoms with Crippen molar-refractivity contribution in [2.24, 2.45) is 5.92 Å². The fourth-order valence-electron chi connectivity index (χ4n) is 2.12. The van der Waals surface area contributed by atoms with Crippen LogP contribution in [0.3, 0.4) is 0 Å². The van der Waals surface area contributed by atoms with Gasteiger partial charge < -0.3 is 10.1 Å². The molecule has 24 heavy (non-hydrogen) atoms. The second kappa shape index (κ2) is 10.8. The number of hydrogen-bond donors (Lipinski definition) is 1. The van der Waals surface area contributed by atoms with E-state index in [1.807, 2.05) is 41.5 Å². The van der Waals surface area contributed by atoms with Crippen LogP contribution in [0.25, 0.3) is 0 Å². The zero-order chi connectivity index (χ0) is 18.9. The van der Waals surface area contributed by atoms with Gasteiger partial charge in [-0.3, -0.25) is 14.9 Å². The van der Waals surface area contributed by atoms with Crippen LogP contribution >= 0.6 is 0 Å². The zero-order valence-corrected chi connectivity index (χ0v) is 15.8. The molecular weight excluding hydrogens is 308 g/mol. The van der Waals surface area contributed by atoms with Crippen LogP contribution in [0, 0.1) is 16.0 Å². The number of nitro benzene ring substituents is 1. The summed E-state index contributed by atoms with van der Waals surface area (Å²) in [5, 5.41) is 14.3. The van der Waals surface area contributed by atoms with Gasteiger partial charge in [0.1, 0.15) is 0 Å². The van der Waals surface area contributed by atoms with Crippen molar-refractivity contribution in [1.82, 2.24) is 5.32 Å².